The second-order valence-electron chi connectivity index (χ2n) is 7.32. The van der Waals surface area contributed by atoms with E-state index >= 15 is 0 Å². The van der Waals surface area contributed by atoms with Gasteiger partial charge < -0.3 is 15.8 Å². The Kier molecular flexibility index (Phi) is 8.04. The molecule has 0 aliphatic rings. The van der Waals surface area contributed by atoms with Crippen molar-refractivity contribution < 1.29 is 14.3 Å². The maximum atomic E-state index is 12.8. The molecule has 0 unspecified atom stereocenters. The number of halogens is 1. The minimum atomic E-state index is -0.839. The number of hydrogen-bond acceptors (Lipinski definition) is 8. The number of aryl methyl sites for hydroxylation is 2. The zero-order valence-electron chi connectivity index (χ0n) is 18.6. The van der Waals surface area contributed by atoms with Crippen molar-refractivity contribution in [2.75, 3.05) is 11.2 Å². The number of nitrogen functional groups attached to an aromatic ring is 1. The summed E-state index contributed by atoms with van der Waals surface area (Å²) < 4.78 is 6.28. The topological polar surface area (TPSA) is 153 Å². The third-order valence-electron chi connectivity index (χ3n) is 4.76. The summed E-state index contributed by atoms with van der Waals surface area (Å²) in [5.74, 6) is -0.602. The van der Waals surface area contributed by atoms with Gasteiger partial charge in [-0.2, -0.15) is 0 Å². The molecule has 0 atom stereocenters. The Bertz CT molecular complexity index is 1260. The number of anilines is 2. The molecule has 34 heavy (non-hydrogen) atoms. The summed E-state index contributed by atoms with van der Waals surface area (Å²) in [6.07, 6.45) is 0.558. The lowest BCUT2D eigenvalue weighted by molar-refractivity contribution is -0.121. The van der Waals surface area contributed by atoms with Crippen LogP contribution in [-0.2, 0) is 29.2 Å². The zero-order chi connectivity index (χ0) is 24.7. The van der Waals surface area contributed by atoms with E-state index in [0.717, 1.165) is 5.69 Å². The minimum absolute atomic E-state index is 0.0563. The molecule has 3 rings (SSSR count). The van der Waals surface area contributed by atoms with E-state index in [1.54, 1.807) is 43.3 Å². The Morgan fingerprint density at radius 2 is 1.94 bits per heavy atom. The first-order valence-corrected chi connectivity index (χ1v) is 10.6. The van der Waals surface area contributed by atoms with Gasteiger partial charge in [0.15, 0.2) is 0 Å². The summed E-state index contributed by atoms with van der Waals surface area (Å²) in [6.45, 7) is 3.26. The molecule has 0 saturated carbocycles. The van der Waals surface area contributed by atoms with Crippen molar-refractivity contribution in [3.05, 3.63) is 80.6 Å². The number of nitrogens with one attached hydrogen (secondary N) is 3. The number of hydrazine groups is 1. The summed E-state index contributed by atoms with van der Waals surface area (Å²) in [5.41, 5.74) is 12.8. The standard InChI is InChI=1S/C22H24ClN7O4/c1-13-7-8-17(24)18(27-13)10-25-19(31)11-30-14(2)9-26-20(21(30)32)28-29-22(33)34-12-15-5-3-4-6-16(15)23/h3-9H,10-12,24H2,1-2H3,(H,25,31)(H,26,28)(H,29,33). The van der Waals surface area contributed by atoms with Crippen LogP contribution in [0.4, 0.5) is 16.3 Å². The normalized spacial score (nSPS) is 10.4. The van der Waals surface area contributed by atoms with Crippen LogP contribution in [0.1, 0.15) is 22.6 Å². The molecular weight excluding hydrogens is 462 g/mol. The van der Waals surface area contributed by atoms with Gasteiger partial charge in [0, 0.05) is 28.2 Å². The van der Waals surface area contributed by atoms with E-state index < -0.39 is 17.6 Å². The van der Waals surface area contributed by atoms with Gasteiger partial charge in [0.2, 0.25) is 11.7 Å². The quantitative estimate of drug-likeness (QED) is 0.353. The molecule has 2 aromatic heterocycles. The van der Waals surface area contributed by atoms with Gasteiger partial charge in [0.25, 0.3) is 5.56 Å². The molecular formula is C22H24ClN7O4. The van der Waals surface area contributed by atoms with Gasteiger partial charge in [-0.05, 0) is 32.0 Å². The van der Waals surface area contributed by atoms with Gasteiger partial charge in [-0.3, -0.25) is 24.6 Å². The van der Waals surface area contributed by atoms with Crippen LogP contribution in [0.2, 0.25) is 5.02 Å². The largest absolute Gasteiger partial charge is 0.443 e. The average Bonchev–Trinajstić information content (AvgIpc) is 2.81. The van der Waals surface area contributed by atoms with Crippen LogP contribution in [0.25, 0.3) is 0 Å². The second-order valence-corrected chi connectivity index (χ2v) is 7.73. The number of benzene rings is 1. The van der Waals surface area contributed by atoms with Gasteiger partial charge >= 0.3 is 6.09 Å². The molecule has 2 amide bonds. The Balaban J connectivity index is 1.57. The Morgan fingerprint density at radius 1 is 1.18 bits per heavy atom. The molecule has 0 radical (unpaired) electrons. The van der Waals surface area contributed by atoms with Crippen LogP contribution in [-0.4, -0.2) is 26.5 Å². The number of aromatic nitrogens is 3. The van der Waals surface area contributed by atoms with E-state index in [4.69, 9.17) is 22.1 Å². The molecule has 11 nitrogen and oxygen atoms in total. The van der Waals surface area contributed by atoms with Gasteiger partial charge in [-0.15, -0.1) is 0 Å². The second kappa shape index (κ2) is 11.1. The number of amides is 2. The summed E-state index contributed by atoms with van der Waals surface area (Å²) >= 11 is 6.02. The van der Waals surface area contributed by atoms with Crippen molar-refractivity contribution in [2.45, 2.75) is 33.5 Å². The van der Waals surface area contributed by atoms with E-state index in [2.05, 4.69) is 26.1 Å². The molecule has 178 valence electrons. The Morgan fingerprint density at radius 3 is 2.71 bits per heavy atom. The zero-order valence-corrected chi connectivity index (χ0v) is 19.3. The number of carbonyl (C=O) groups is 2. The van der Waals surface area contributed by atoms with Crippen molar-refractivity contribution in [3.8, 4) is 0 Å². The molecule has 0 fully saturated rings. The maximum absolute atomic E-state index is 12.8. The highest BCUT2D eigenvalue weighted by atomic mass is 35.5. The van der Waals surface area contributed by atoms with Crippen LogP contribution in [0.15, 0.2) is 47.4 Å². The highest BCUT2D eigenvalue weighted by Crippen LogP contribution is 2.15. The van der Waals surface area contributed by atoms with Crippen LogP contribution < -0.4 is 27.5 Å². The minimum Gasteiger partial charge on any atom is -0.443 e. The fourth-order valence-corrected chi connectivity index (χ4v) is 3.09. The Labute approximate surface area is 200 Å². The smallest absolute Gasteiger partial charge is 0.426 e. The van der Waals surface area contributed by atoms with E-state index in [9.17, 15) is 14.4 Å². The van der Waals surface area contributed by atoms with E-state index in [0.29, 0.717) is 27.7 Å². The molecule has 2 heterocycles. The number of pyridine rings is 1. The fourth-order valence-electron chi connectivity index (χ4n) is 2.90. The number of ether oxygens (including phenoxy) is 1. The van der Waals surface area contributed by atoms with Crippen molar-refractivity contribution in [1.29, 1.82) is 0 Å². The molecule has 0 bridgehead atoms. The lowest BCUT2D eigenvalue weighted by Gasteiger charge is -2.13. The van der Waals surface area contributed by atoms with Crippen LogP contribution >= 0.6 is 11.6 Å². The van der Waals surface area contributed by atoms with Crippen molar-refractivity contribution >= 4 is 35.1 Å². The molecule has 0 aliphatic carbocycles. The van der Waals surface area contributed by atoms with Crippen molar-refractivity contribution in [1.82, 2.24) is 25.3 Å². The Hall–Kier alpha value is -4.12. The average molecular weight is 486 g/mol. The third-order valence-corrected chi connectivity index (χ3v) is 5.13. The first kappa shape index (κ1) is 24.5. The molecule has 3 aromatic rings. The first-order chi connectivity index (χ1) is 16.2. The van der Waals surface area contributed by atoms with Gasteiger partial charge in [0.1, 0.15) is 13.2 Å². The number of rotatable bonds is 8. The van der Waals surface area contributed by atoms with Crippen molar-refractivity contribution in [2.24, 2.45) is 0 Å². The maximum Gasteiger partial charge on any atom is 0.426 e. The van der Waals surface area contributed by atoms with Gasteiger partial charge in [-0.1, -0.05) is 29.8 Å². The van der Waals surface area contributed by atoms with Gasteiger partial charge in [-0.25, -0.2) is 15.2 Å². The van der Waals surface area contributed by atoms with Crippen LogP contribution in [0, 0.1) is 13.8 Å². The van der Waals surface area contributed by atoms with E-state index in [-0.39, 0.29) is 25.5 Å². The molecule has 0 spiro atoms. The van der Waals surface area contributed by atoms with Gasteiger partial charge in [0.05, 0.1) is 17.9 Å². The van der Waals surface area contributed by atoms with E-state index in [1.165, 1.54) is 10.8 Å². The summed E-state index contributed by atoms with van der Waals surface area (Å²) in [7, 11) is 0. The van der Waals surface area contributed by atoms with Crippen LogP contribution in [0.3, 0.4) is 0 Å². The fraction of sp³-hybridized carbons (Fsp3) is 0.227. The lowest BCUT2D eigenvalue weighted by atomic mass is 10.2. The first-order valence-electron chi connectivity index (χ1n) is 10.2. The van der Waals surface area contributed by atoms with E-state index in [1.807, 2.05) is 6.92 Å². The lowest BCUT2D eigenvalue weighted by Crippen LogP contribution is -2.38. The number of hydrogen-bond donors (Lipinski definition) is 4. The highest BCUT2D eigenvalue weighted by Gasteiger charge is 2.13. The summed E-state index contributed by atoms with van der Waals surface area (Å²) in [5, 5.41) is 3.16. The predicted octanol–water partition coefficient (Wildman–Crippen LogP) is 2.06. The molecule has 0 aliphatic heterocycles. The molecule has 5 N–H and O–H groups in total. The third kappa shape index (κ3) is 6.45. The van der Waals surface area contributed by atoms with Crippen LogP contribution in [0.5, 0.6) is 0 Å². The molecule has 12 heteroatoms. The predicted molar refractivity (Wildman–Crippen MR) is 127 cm³/mol. The number of carbonyl (C=O) groups excluding carboxylic acids is 2. The number of nitrogens with two attached hydrogens (primary N) is 1. The molecule has 1 aromatic carbocycles. The highest BCUT2D eigenvalue weighted by molar-refractivity contribution is 6.31. The monoisotopic (exact) mass is 485 g/mol. The summed E-state index contributed by atoms with van der Waals surface area (Å²) in [6, 6.07) is 10.4. The molecule has 0 saturated heterocycles. The van der Waals surface area contributed by atoms with Crippen molar-refractivity contribution in [3.63, 3.8) is 0 Å². The summed E-state index contributed by atoms with van der Waals surface area (Å²) in [4.78, 5) is 45.4. The SMILES string of the molecule is Cc1ccc(N)c(CNC(=O)Cn2c(C)cnc(NNC(=O)OCc3ccccc3Cl)c2=O)n1. The number of nitrogens with zero attached hydrogens (tertiary/aromatic N) is 3.